The summed E-state index contributed by atoms with van der Waals surface area (Å²) < 4.78 is 5.29. The lowest BCUT2D eigenvalue weighted by molar-refractivity contribution is -0.390. The van der Waals surface area contributed by atoms with Crippen LogP contribution in [0.1, 0.15) is 6.92 Å². The van der Waals surface area contributed by atoms with Gasteiger partial charge in [0.25, 0.3) is 0 Å². The van der Waals surface area contributed by atoms with E-state index < -0.39 is 4.92 Å². The number of aromatic nitrogens is 2. The number of H-pyrrole nitrogens is 1. The summed E-state index contributed by atoms with van der Waals surface area (Å²) in [6.07, 6.45) is 1.15. The van der Waals surface area contributed by atoms with Crippen molar-refractivity contribution in [2.75, 3.05) is 13.6 Å². The van der Waals surface area contributed by atoms with E-state index in [2.05, 4.69) is 15.5 Å². The van der Waals surface area contributed by atoms with Crippen LogP contribution in [0.2, 0.25) is 0 Å². The third kappa shape index (κ3) is 2.43. The minimum Gasteiger partial charge on any atom is -0.480 e. The van der Waals surface area contributed by atoms with E-state index in [0.717, 1.165) is 0 Å². The maximum Gasteiger partial charge on any atom is 0.385 e. The van der Waals surface area contributed by atoms with Crippen LogP contribution in [0.4, 0.5) is 5.82 Å². The Morgan fingerprint density at radius 3 is 3.14 bits per heavy atom. The Morgan fingerprint density at radius 1 is 1.86 bits per heavy atom. The first-order valence-corrected chi connectivity index (χ1v) is 4.14. The molecule has 0 aromatic carbocycles. The fourth-order valence-electron chi connectivity index (χ4n) is 1.03. The molecule has 0 radical (unpaired) electrons. The molecule has 0 aliphatic rings. The van der Waals surface area contributed by atoms with E-state index in [4.69, 9.17) is 4.74 Å². The number of aromatic amines is 1. The molecule has 0 aliphatic carbocycles. The summed E-state index contributed by atoms with van der Waals surface area (Å²) in [4.78, 5) is 9.90. The zero-order valence-electron chi connectivity index (χ0n) is 7.98. The van der Waals surface area contributed by atoms with Gasteiger partial charge in [-0.3, -0.25) is 0 Å². The Labute approximate surface area is 80.6 Å². The molecule has 0 saturated heterocycles. The monoisotopic (exact) mass is 200 g/mol. The molecule has 1 atom stereocenters. The Bertz CT molecular complexity index is 312. The molecule has 0 aliphatic heterocycles. The van der Waals surface area contributed by atoms with Crippen molar-refractivity contribution in [2.45, 2.75) is 13.0 Å². The maximum atomic E-state index is 10.5. The van der Waals surface area contributed by atoms with Gasteiger partial charge in [-0.2, -0.15) is 0 Å². The topological polar surface area (TPSA) is 93.1 Å². The second-order valence-electron chi connectivity index (χ2n) is 2.83. The zero-order valence-corrected chi connectivity index (χ0v) is 7.98. The number of rotatable bonds is 5. The van der Waals surface area contributed by atoms with Gasteiger partial charge in [0, 0.05) is 6.54 Å². The van der Waals surface area contributed by atoms with Crippen LogP contribution in [-0.2, 0) is 0 Å². The van der Waals surface area contributed by atoms with Gasteiger partial charge in [0.05, 0.1) is 0 Å². The predicted molar refractivity (Wildman–Crippen MR) is 49.3 cm³/mol. The molecule has 1 aromatic heterocycles. The van der Waals surface area contributed by atoms with Gasteiger partial charge in [0.1, 0.15) is 12.3 Å². The fraction of sp³-hybridized carbons (Fsp3) is 0.571. The fourth-order valence-corrected chi connectivity index (χ4v) is 1.03. The summed E-state index contributed by atoms with van der Waals surface area (Å²) in [7, 11) is 1.78. The van der Waals surface area contributed by atoms with Crippen molar-refractivity contribution in [1.82, 2.24) is 15.5 Å². The first-order valence-electron chi connectivity index (χ1n) is 4.14. The minimum atomic E-state index is -0.561. The van der Waals surface area contributed by atoms with Crippen molar-refractivity contribution < 1.29 is 9.66 Å². The van der Waals surface area contributed by atoms with Crippen LogP contribution in [0.25, 0.3) is 0 Å². The van der Waals surface area contributed by atoms with E-state index in [1.165, 1.54) is 6.20 Å². The molecule has 0 saturated carbocycles. The Balaban J connectivity index is 2.66. The van der Waals surface area contributed by atoms with Gasteiger partial charge in [0.2, 0.25) is 5.75 Å². The van der Waals surface area contributed by atoms with Gasteiger partial charge >= 0.3 is 5.82 Å². The standard InChI is InChI=1S/C7H12N4O3/c1-5(3-8-2)14-6-4-9-10-7(6)11(12)13/h4-5,8H,3H2,1-2H3,(H,9,10). The second-order valence-corrected chi connectivity index (χ2v) is 2.83. The van der Waals surface area contributed by atoms with Crippen LogP contribution in [0.5, 0.6) is 5.75 Å². The van der Waals surface area contributed by atoms with Crippen molar-refractivity contribution >= 4 is 5.82 Å². The molecule has 14 heavy (non-hydrogen) atoms. The lowest BCUT2D eigenvalue weighted by Gasteiger charge is -2.11. The number of hydrogen-bond acceptors (Lipinski definition) is 5. The molecule has 2 N–H and O–H groups in total. The molecule has 0 fully saturated rings. The molecule has 7 heteroatoms. The first kappa shape index (κ1) is 10.5. The average Bonchev–Trinajstić information content (AvgIpc) is 2.52. The SMILES string of the molecule is CNCC(C)Oc1cn[nH]c1[N+](=O)[O-]. The van der Waals surface area contributed by atoms with Crippen LogP contribution in [0, 0.1) is 10.1 Å². The van der Waals surface area contributed by atoms with Crippen LogP contribution in [-0.4, -0.2) is 34.8 Å². The Kier molecular flexibility index (Phi) is 3.41. The lowest BCUT2D eigenvalue weighted by Crippen LogP contribution is -2.26. The summed E-state index contributed by atoms with van der Waals surface area (Å²) in [5.74, 6) is -0.0503. The van der Waals surface area contributed by atoms with Gasteiger partial charge in [0.15, 0.2) is 0 Å². The number of nitro groups is 1. The van der Waals surface area contributed by atoms with Gasteiger partial charge < -0.3 is 20.2 Å². The van der Waals surface area contributed by atoms with Crippen LogP contribution < -0.4 is 10.1 Å². The highest BCUT2D eigenvalue weighted by molar-refractivity contribution is 5.36. The predicted octanol–water partition coefficient (Wildman–Crippen LogP) is 0.305. The van der Waals surface area contributed by atoms with E-state index in [0.29, 0.717) is 6.54 Å². The minimum absolute atomic E-state index is 0.142. The van der Waals surface area contributed by atoms with Crippen LogP contribution in [0.15, 0.2) is 6.20 Å². The summed E-state index contributed by atoms with van der Waals surface area (Å²) in [5, 5.41) is 19.2. The Hall–Kier alpha value is -1.63. The van der Waals surface area contributed by atoms with Crippen molar-refractivity contribution in [3.63, 3.8) is 0 Å². The Morgan fingerprint density at radius 2 is 2.57 bits per heavy atom. The number of nitrogens with one attached hydrogen (secondary N) is 2. The van der Waals surface area contributed by atoms with E-state index in [1.54, 1.807) is 7.05 Å². The lowest BCUT2D eigenvalue weighted by atomic mass is 10.4. The smallest absolute Gasteiger partial charge is 0.385 e. The highest BCUT2D eigenvalue weighted by atomic mass is 16.6. The zero-order chi connectivity index (χ0) is 10.6. The molecular weight excluding hydrogens is 188 g/mol. The number of hydrogen-bond donors (Lipinski definition) is 2. The van der Waals surface area contributed by atoms with E-state index in [1.807, 2.05) is 6.92 Å². The summed E-state index contributed by atoms with van der Waals surface area (Å²) in [5.41, 5.74) is 0. The molecular formula is C7H12N4O3. The number of nitrogens with zero attached hydrogens (tertiary/aromatic N) is 2. The van der Waals surface area contributed by atoms with Crippen molar-refractivity contribution in [1.29, 1.82) is 0 Å². The van der Waals surface area contributed by atoms with E-state index in [-0.39, 0.29) is 17.7 Å². The highest BCUT2D eigenvalue weighted by Crippen LogP contribution is 2.23. The van der Waals surface area contributed by atoms with Gasteiger partial charge in [-0.15, -0.1) is 5.10 Å². The number of likely N-dealkylation sites (N-methyl/N-ethyl adjacent to an activating group) is 1. The molecule has 0 bridgehead atoms. The molecule has 78 valence electrons. The maximum absolute atomic E-state index is 10.5. The first-order chi connectivity index (χ1) is 6.65. The third-order valence-corrected chi connectivity index (χ3v) is 1.59. The quantitative estimate of drug-likeness (QED) is 0.526. The van der Waals surface area contributed by atoms with Crippen LogP contribution >= 0.6 is 0 Å². The van der Waals surface area contributed by atoms with Gasteiger partial charge in [-0.05, 0) is 18.9 Å². The number of ether oxygens (including phenoxy) is 1. The second kappa shape index (κ2) is 4.56. The van der Waals surface area contributed by atoms with Gasteiger partial charge in [-0.25, -0.2) is 0 Å². The third-order valence-electron chi connectivity index (χ3n) is 1.59. The highest BCUT2D eigenvalue weighted by Gasteiger charge is 2.18. The van der Waals surface area contributed by atoms with Gasteiger partial charge in [-0.1, -0.05) is 5.10 Å². The molecule has 1 unspecified atom stereocenters. The molecule has 7 nitrogen and oxygen atoms in total. The van der Waals surface area contributed by atoms with Crippen molar-refractivity contribution in [3.8, 4) is 5.75 Å². The molecule has 1 heterocycles. The summed E-state index contributed by atoms with van der Waals surface area (Å²) in [6, 6.07) is 0. The van der Waals surface area contributed by atoms with Crippen LogP contribution in [0.3, 0.4) is 0 Å². The molecule has 1 aromatic rings. The van der Waals surface area contributed by atoms with Crippen molar-refractivity contribution in [2.24, 2.45) is 0 Å². The van der Waals surface area contributed by atoms with E-state index >= 15 is 0 Å². The summed E-state index contributed by atoms with van der Waals surface area (Å²) in [6.45, 7) is 2.43. The summed E-state index contributed by atoms with van der Waals surface area (Å²) >= 11 is 0. The normalized spacial score (nSPS) is 12.4. The molecule has 0 amide bonds. The molecule has 1 rings (SSSR count). The van der Waals surface area contributed by atoms with Crippen molar-refractivity contribution in [3.05, 3.63) is 16.3 Å². The van der Waals surface area contributed by atoms with E-state index in [9.17, 15) is 10.1 Å². The largest absolute Gasteiger partial charge is 0.480 e. The molecule has 0 spiro atoms. The average molecular weight is 200 g/mol.